The van der Waals surface area contributed by atoms with Crippen molar-refractivity contribution in [3.63, 3.8) is 0 Å². The van der Waals surface area contributed by atoms with Crippen molar-refractivity contribution in [2.45, 2.75) is 45.1 Å². The van der Waals surface area contributed by atoms with Gasteiger partial charge in [0.15, 0.2) is 0 Å². The van der Waals surface area contributed by atoms with Crippen LogP contribution in [-0.2, 0) is 9.59 Å². The molecular weight excluding hydrogens is 368 g/mol. The number of hydrogen-bond donors (Lipinski definition) is 0. The molecule has 0 aromatic heterocycles. The van der Waals surface area contributed by atoms with Crippen LogP contribution in [0.4, 0.5) is 0 Å². The third-order valence-corrected chi connectivity index (χ3v) is 5.81. The van der Waals surface area contributed by atoms with E-state index in [9.17, 15) is 9.59 Å². The predicted molar refractivity (Wildman–Crippen MR) is 112 cm³/mol. The third-order valence-electron chi connectivity index (χ3n) is 5.81. The molecule has 6 heteroatoms. The monoisotopic (exact) mass is 400 g/mol. The molecule has 2 heterocycles. The van der Waals surface area contributed by atoms with E-state index >= 15 is 0 Å². The minimum Gasteiger partial charge on any atom is -0.497 e. The molecule has 0 saturated carbocycles. The van der Waals surface area contributed by atoms with E-state index in [2.05, 4.69) is 13.5 Å². The van der Waals surface area contributed by atoms with E-state index in [0.717, 1.165) is 36.3 Å². The van der Waals surface area contributed by atoms with Crippen LogP contribution in [0.5, 0.6) is 11.5 Å². The summed E-state index contributed by atoms with van der Waals surface area (Å²) in [6.45, 7) is 7.88. The molecular formula is C23H32N2O4. The van der Waals surface area contributed by atoms with Gasteiger partial charge in [-0.25, -0.2) is 0 Å². The van der Waals surface area contributed by atoms with Crippen molar-refractivity contribution in [1.29, 1.82) is 0 Å². The second-order valence-electron chi connectivity index (χ2n) is 7.80. The molecule has 0 spiro atoms. The van der Waals surface area contributed by atoms with E-state index in [-0.39, 0.29) is 23.8 Å². The van der Waals surface area contributed by atoms with Gasteiger partial charge in [0.2, 0.25) is 11.8 Å². The quantitative estimate of drug-likeness (QED) is 0.519. The summed E-state index contributed by atoms with van der Waals surface area (Å²) in [5, 5.41) is 0. The molecule has 2 atom stereocenters. The van der Waals surface area contributed by atoms with Gasteiger partial charge < -0.3 is 19.3 Å². The van der Waals surface area contributed by atoms with Crippen molar-refractivity contribution in [1.82, 2.24) is 9.80 Å². The first-order chi connectivity index (χ1) is 14.1. The van der Waals surface area contributed by atoms with E-state index in [4.69, 9.17) is 9.47 Å². The average molecular weight is 401 g/mol. The lowest BCUT2D eigenvalue weighted by atomic mass is 9.87. The first-order valence-corrected chi connectivity index (χ1v) is 10.6. The highest BCUT2D eigenvalue weighted by Crippen LogP contribution is 2.42. The largest absolute Gasteiger partial charge is 0.497 e. The fraction of sp³-hybridized carbons (Fsp3) is 0.565. The van der Waals surface area contributed by atoms with Crippen molar-refractivity contribution in [3.05, 3.63) is 36.4 Å². The van der Waals surface area contributed by atoms with Crippen molar-refractivity contribution in [2.24, 2.45) is 5.92 Å². The van der Waals surface area contributed by atoms with Crippen LogP contribution in [0, 0.1) is 5.92 Å². The minimum atomic E-state index is -0.0980. The van der Waals surface area contributed by atoms with Gasteiger partial charge in [-0.3, -0.25) is 9.59 Å². The molecule has 3 rings (SSSR count). The Hall–Kier alpha value is -2.50. The zero-order chi connectivity index (χ0) is 20.8. The number of rotatable bonds is 7. The first kappa shape index (κ1) is 21.2. The van der Waals surface area contributed by atoms with Crippen molar-refractivity contribution >= 4 is 11.8 Å². The Labute approximate surface area is 173 Å². The summed E-state index contributed by atoms with van der Waals surface area (Å²) in [5.74, 6) is 1.71. The summed E-state index contributed by atoms with van der Waals surface area (Å²) in [5.41, 5.74) is 0.999. The zero-order valence-electron chi connectivity index (χ0n) is 17.6. The fourth-order valence-corrected chi connectivity index (χ4v) is 4.31. The smallest absolute Gasteiger partial charge is 0.224 e. The van der Waals surface area contributed by atoms with Crippen LogP contribution in [0.15, 0.2) is 30.9 Å². The Morgan fingerprint density at radius 1 is 1.38 bits per heavy atom. The van der Waals surface area contributed by atoms with Crippen molar-refractivity contribution < 1.29 is 19.1 Å². The van der Waals surface area contributed by atoms with E-state index in [0.29, 0.717) is 39.1 Å². The summed E-state index contributed by atoms with van der Waals surface area (Å²) in [7, 11) is 1.63. The molecule has 1 saturated heterocycles. The Morgan fingerprint density at radius 2 is 2.21 bits per heavy atom. The second kappa shape index (κ2) is 9.81. The SMILES string of the molecule is C=CCN1C[C@H]2COc3cc(OC)ccc3[C@H]2N(C(=O)CCCCC)CCC1=O. The molecule has 2 amide bonds. The van der Waals surface area contributed by atoms with E-state index in [1.807, 2.05) is 28.0 Å². The summed E-state index contributed by atoms with van der Waals surface area (Å²) in [6, 6.07) is 5.70. The van der Waals surface area contributed by atoms with E-state index in [1.165, 1.54) is 0 Å². The van der Waals surface area contributed by atoms with Crippen LogP contribution in [0.25, 0.3) is 0 Å². The lowest BCUT2D eigenvalue weighted by molar-refractivity contribution is -0.142. The molecule has 29 heavy (non-hydrogen) atoms. The maximum absolute atomic E-state index is 13.2. The molecule has 0 bridgehead atoms. The van der Waals surface area contributed by atoms with Crippen LogP contribution in [-0.4, -0.2) is 55.0 Å². The van der Waals surface area contributed by atoms with Gasteiger partial charge in [0.05, 0.1) is 19.8 Å². The number of unbranched alkanes of at least 4 members (excludes halogenated alkanes) is 2. The molecule has 158 valence electrons. The van der Waals surface area contributed by atoms with Crippen LogP contribution in [0.1, 0.15) is 50.6 Å². The number of fused-ring (bicyclic) bond motifs is 3. The fourth-order valence-electron chi connectivity index (χ4n) is 4.31. The summed E-state index contributed by atoms with van der Waals surface area (Å²) in [4.78, 5) is 29.6. The number of benzene rings is 1. The number of hydrogen-bond acceptors (Lipinski definition) is 4. The number of amides is 2. The van der Waals surface area contributed by atoms with Gasteiger partial charge in [-0.15, -0.1) is 6.58 Å². The molecule has 1 aromatic rings. The Morgan fingerprint density at radius 3 is 2.93 bits per heavy atom. The van der Waals surface area contributed by atoms with Crippen molar-refractivity contribution in [2.75, 3.05) is 33.4 Å². The van der Waals surface area contributed by atoms with Gasteiger partial charge in [0.1, 0.15) is 11.5 Å². The Balaban J connectivity index is 1.94. The third kappa shape index (κ3) is 4.74. The molecule has 0 radical (unpaired) electrons. The van der Waals surface area contributed by atoms with Gasteiger partial charge >= 0.3 is 0 Å². The maximum Gasteiger partial charge on any atom is 0.224 e. The van der Waals surface area contributed by atoms with Gasteiger partial charge in [-0.1, -0.05) is 25.8 Å². The van der Waals surface area contributed by atoms with Gasteiger partial charge in [0, 0.05) is 50.0 Å². The lowest BCUT2D eigenvalue weighted by Crippen LogP contribution is -2.51. The number of carbonyl (C=O) groups excluding carboxylic acids is 2. The first-order valence-electron chi connectivity index (χ1n) is 10.6. The molecule has 1 fully saturated rings. The van der Waals surface area contributed by atoms with E-state index in [1.54, 1.807) is 13.2 Å². The Bertz CT molecular complexity index is 748. The summed E-state index contributed by atoms with van der Waals surface area (Å²) >= 11 is 0. The van der Waals surface area contributed by atoms with Crippen molar-refractivity contribution in [3.8, 4) is 11.5 Å². The number of nitrogens with zero attached hydrogens (tertiary/aromatic N) is 2. The predicted octanol–water partition coefficient (Wildman–Crippen LogP) is 3.57. The van der Waals surface area contributed by atoms with Gasteiger partial charge in [-0.05, 0) is 18.6 Å². The van der Waals surface area contributed by atoms with Gasteiger partial charge in [-0.2, -0.15) is 0 Å². The number of ether oxygens (including phenoxy) is 2. The normalized spacial score (nSPS) is 21.4. The summed E-state index contributed by atoms with van der Waals surface area (Å²) in [6.07, 6.45) is 5.61. The molecule has 2 aliphatic heterocycles. The Kier molecular flexibility index (Phi) is 7.18. The highest BCUT2D eigenvalue weighted by atomic mass is 16.5. The summed E-state index contributed by atoms with van der Waals surface area (Å²) < 4.78 is 11.4. The highest BCUT2D eigenvalue weighted by molar-refractivity contribution is 5.80. The topological polar surface area (TPSA) is 59.1 Å². The number of methoxy groups -OCH3 is 1. The highest BCUT2D eigenvalue weighted by Gasteiger charge is 2.40. The van der Waals surface area contributed by atoms with Crippen LogP contribution < -0.4 is 9.47 Å². The van der Waals surface area contributed by atoms with Crippen LogP contribution in [0.3, 0.4) is 0 Å². The maximum atomic E-state index is 13.2. The molecule has 1 aromatic carbocycles. The average Bonchev–Trinajstić information content (AvgIpc) is 2.72. The molecule has 0 N–H and O–H groups in total. The second-order valence-corrected chi connectivity index (χ2v) is 7.80. The molecule has 6 nitrogen and oxygen atoms in total. The van der Waals surface area contributed by atoms with Crippen LogP contribution >= 0.6 is 0 Å². The van der Waals surface area contributed by atoms with Crippen LogP contribution in [0.2, 0.25) is 0 Å². The lowest BCUT2D eigenvalue weighted by Gasteiger charge is -2.44. The van der Waals surface area contributed by atoms with Gasteiger partial charge in [0.25, 0.3) is 0 Å². The molecule has 0 unspecified atom stereocenters. The van der Waals surface area contributed by atoms with E-state index < -0.39 is 0 Å². The number of carbonyl (C=O) groups is 2. The molecule has 0 aliphatic carbocycles. The standard InChI is InChI=1S/C23H32N2O4/c1-4-6-7-8-22(27)25-13-11-21(26)24(12-5-2)15-17-16-29-20-14-18(28-3)9-10-19(20)23(17)25/h5,9-10,14,17,23H,2,4,6-8,11-13,15-16H2,1,3H3/t17-,23-/m0/s1. The minimum absolute atomic E-state index is 0.0234. The zero-order valence-corrected chi connectivity index (χ0v) is 17.6. The molecule has 2 aliphatic rings.